The topological polar surface area (TPSA) is 102 Å². The molecular formula is C17H15BrFN5O2S2. The third kappa shape index (κ3) is 5.13. The van der Waals surface area contributed by atoms with Crippen molar-refractivity contribution in [1.29, 1.82) is 0 Å². The average Bonchev–Trinajstić information content (AvgIpc) is 2.95. The number of anilines is 2. The highest BCUT2D eigenvalue weighted by Gasteiger charge is 2.11. The number of nitrogens with two attached hydrogens (primary N) is 1. The Bertz CT molecular complexity index is 1120. The predicted molar refractivity (Wildman–Crippen MR) is 113 cm³/mol. The second-order valence-corrected chi connectivity index (χ2v) is 8.59. The van der Waals surface area contributed by atoms with Crippen molar-refractivity contribution < 1.29 is 12.8 Å². The molecule has 0 saturated carbocycles. The molecule has 11 heteroatoms. The minimum atomic E-state index is -3.75. The summed E-state index contributed by atoms with van der Waals surface area (Å²) in [5.74, 6) is 0.152. The van der Waals surface area contributed by atoms with Crippen LogP contribution in [0.25, 0.3) is 0 Å². The highest BCUT2D eigenvalue weighted by molar-refractivity contribution is 9.10. The summed E-state index contributed by atoms with van der Waals surface area (Å²) in [6.45, 7) is 0.266. The fourth-order valence-electron chi connectivity index (χ4n) is 2.36. The lowest BCUT2D eigenvalue weighted by molar-refractivity contribution is 0.585. The van der Waals surface area contributed by atoms with E-state index >= 15 is 0 Å². The maximum atomic E-state index is 13.8. The summed E-state index contributed by atoms with van der Waals surface area (Å²) in [5, 5.41) is 15.5. The summed E-state index contributed by atoms with van der Waals surface area (Å²) < 4.78 is 38.6. The van der Waals surface area contributed by atoms with Crippen molar-refractivity contribution in [3.63, 3.8) is 0 Å². The van der Waals surface area contributed by atoms with Crippen LogP contribution in [-0.2, 0) is 16.6 Å². The third-order valence-corrected chi connectivity index (χ3v) is 5.39. The molecule has 0 aliphatic carbocycles. The number of rotatable bonds is 5. The van der Waals surface area contributed by atoms with E-state index < -0.39 is 10.0 Å². The SMILES string of the molecule is NS(=O)(=O)c1ccc(NC(=S)Nc2nn(Cc3ccccc3F)cc2Br)cc1. The lowest BCUT2D eigenvalue weighted by Gasteiger charge is -2.09. The molecule has 4 N–H and O–H groups in total. The second kappa shape index (κ2) is 8.35. The first-order chi connectivity index (χ1) is 13.2. The zero-order valence-corrected chi connectivity index (χ0v) is 17.5. The molecule has 0 unspecified atom stereocenters. The van der Waals surface area contributed by atoms with E-state index in [0.29, 0.717) is 21.5 Å². The smallest absolute Gasteiger partial charge is 0.238 e. The Morgan fingerprint density at radius 2 is 1.86 bits per heavy atom. The fraction of sp³-hybridized carbons (Fsp3) is 0.0588. The molecule has 0 saturated heterocycles. The van der Waals surface area contributed by atoms with Crippen LogP contribution in [0.1, 0.15) is 5.56 Å². The molecule has 0 amide bonds. The largest absolute Gasteiger partial charge is 0.332 e. The molecule has 0 aliphatic rings. The zero-order chi connectivity index (χ0) is 20.3. The van der Waals surface area contributed by atoms with Gasteiger partial charge in [-0.25, -0.2) is 17.9 Å². The fourth-order valence-corrected chi connectivity index (χ4v) is 3.51. The molecule has 0 radical (unpaired) electrons. The van der Waals surface area contributed by atoms with Crippen molar-refractivity contribution in [1.82, 2.24) is 9.78 Å². The van der Waals surface area contributed by atoms with Crippen LogP contribution in [0.5, 0.6) is 0 Å². The molecule has 1 heterocycles. The van der Waals surface area contributed by atoms with Crippen molar-refractivity contribution >= 4 is 54.8 Å². The van der Waals surface area contributed by atoms with Gasteiger partial charge in [0.1, 0.15) is 5.82 Å². The van der Waals surface area contributed by atoms with Gasteiger partial charge in [0, 0.05) is 17.4 Å². The first-order valence-corrected chi connectivity index (χ1v) is 10.6. The monoisotopic (exact) mass is 483 g/mol. The van der Waals surface area contributed by atoms with E-state index in [4.69, 9.17) is 17.4 Å². The quantitative estimate of drug-likeness (QED) is 0.481. The standard InChI is InChI=1S/C17H15BrFN5O2S2/c18-14-10-24(9-11-3-1-2-4-15(11)19)23-16(14)22-17(27)21-12-5-7-13(8-6-12)28(20,25)26/h1-8,10H,9H2,(H2,20,25,26)(H2,21,22,23,27). The van der Waals surface area contributed by atoms with Gasteiger partial charge in [-0.15, -0.1) is 0 Å². The predicted octanol–water partition coefficient (Wildman–Crippen LogP) is 3.29. The van der Waals surface area contributed by atoms with Crippen LogP contribution in [0, 0.1) is 5.82 Å². The summed E-state index contributed by atoms with van der Waals surface area (Å²) in [5.41, 5.74) is 1.09. The first kappa shape index (κ1) is 20.4. The van der Waals surface area contributed by atoms with E-state index in [9.17, 15) is 12.8 Å². The number of primary sulfonamides is 1. The van der Waals surface area contributed by atoms with Crippen molar-refractivity contribution in [3.8, 4) is 0 Å². The van der Waals surface area contributed by atoms with Crippen LogP contribution in [0.15, 0.2) is 64.1 Å². The van der Waals surface area contributed by atoms with Crippen LogP contribution in [-0.4, -0.2) is 23.3 Å². The molecule has 2 aromatic carbocycles. The summed E-state index contributed by atoms with van der Waals surface area (Å²) in [4.78, 5) is 0.00607. The molecule has 7 nitrogen and oxygen atoms in total. The van der Waals surface area contributed by atoms with E-state index in [1.807, 2.05) is 0 Å². The average molecular weight is 484 g/mol. The van der Waals surface area contributed by atoms with Crippen molar-refractivity contribution in [3.05, 3.63) is 70.6 Å². The minimum absolute atomic E-state index is 0.00607. The second-order valence-electron chi connectivity index (χ2n) is 5.76. The summed E-state index contributed by atoms with van der Waals surface area (Å²) in [6.07, 6.45) is 1.71. The lowest BCUT2D eigenvalue weighted by Crippen LogP contribution is -2.20. The molecule has 3 rings (SSSR count). The molecule has 3 aromatic rings. The number of hydrogen-bond acceptors (Lipinski definition) is 4. The van der Waals surface area contributed by atoms with E-state index in [1.165, 1.54) is 18.2 Å². The van der Waals surface area contributed by atoms with Crippen molar-refractivity contribution in [2.75, 3.05) is 10.6 Å². The molecule has 0 atom stereocenters. The van der Waals surface area contributed by atoms with Gasteiger partial charge in [0.2, 0.25) is 10.0 Å². The number of nitrogens with zero attached hydrogens (tertiary/aromatic N) is 2. The van der Waals surface area contributed by atoms with Crippen LogP contribution in [0.2, 0.25) is 0 Å². The van der Waals surface area contributed by atoms with Gasteiger partial charge in [-0.05, 0) is 58.5 Å². The lowest BCUT2D eigenvalue weighted by atomic mass is 10.2. The highest BCUT2D eigenvalue weighted by Crippen LogP contribution is 2.22. The number of aromatic nitrogens is 2. The number of benzene rings is 2. The van der Waals surface area contributed by atoms with Gasteiger partial charge in [-0.2, -0.15) is 5.10 Å². The molecule has 0 spiro atoms. The van der Waals surface area contributed by atoms with Gasteiger partial charge in [0.25, 0.3) is 0 Å². The van der Waals surface area contributed by atoms with E-state index in [2.05, 4.69) is 31.7 Å². The number of thiocarbonyl (C=S) groups is 1. The van der Waals surface area contributed by atoms with E-state index in [1.54, 1.807) is 41.2 Å². The van der Waals surface area contributed by atoms with E-state index in [-0.39, 0.29) is 22.4 Å². The number of hydrogen-bond donors (Lipinski definition) is 3. The van der Waals surface area contributed by atoms with Crippen LogP contribution in [0.4, 0.5) is 15.9 Å². The normalized spacial score (nSPS) is 11.2. The Hall–Kier alpha value is -2.34. The molecule has 0 aliphatic heterocycles. The number of sulfonamides is 1. The molecule has 146 valence electrons. The Morgan fingerprint density at radius 1 is 1.18 bits per heavy atom. The Balaban J connectivity index is 1.66. The van der Waals surface area contributed by atoms with Gasteiger partial charge < -0.3 is 10.6 Å². The first-order valence-electron chi connectivity index (χ1n) is 7.89. The van der Waals surface area contributed by atoms with Gasteiger partial charge in [0.05, 0.1) is 15.9 Å². The maximum Gasteiger partial charge on any atom is 0.238 e. The highest BCUT2D eigenvalue weighted by atomic mass is 79.9. The summed E-state index contributed by atoms with van der Waals surface area (Å²) in [7, 11) is -3.75. The zero-order valence-electron chi connectivity index (χ0n) is 14.3. The summed E-state index contributed by atoms with van der Waals surface area (Å²) in [6, 6.07) is 12.3. The number of halogens is 2. The van der Waals surface area contributed by atoms with Crippen LogP contribution in [0.3, 0.4) is 0 Å². The van der Waals surface area contributed by atoms with Gasteiger partial charge >= 0.3 is 0 Å². The van der Waals surface area contributed by atoms with Crippen molar-refractivity contribution in [2.45, 2.75) is 11.4 Å². The molecule has 0 fully saturated rings. The molecule has 1 aromatic heterocycles. The third-order valence-electron chi connectivity index (χ3n) is 3.68. The van der Waals surface area contributed by atoms with Gasteiger partial charge in [-0.3, -0.25) is 4.68 Å². The molecular weight excluding hydrogens is 469 g/mol. The van der Waals surface area contributed by atoms with Crippen molar-refractivity contribution in [2.24, 2.45) is 5.14 Å². The van der Waals surface area contributed by atoms with Crippen LogP contribution >= 0.6 is 28.1 Å². The Labute approximate surface area is 174 Å². The Morgan fingerprint density at radius 3 is 2.50 bits per heavy atom. The summed E-state index contributed by atoms with van der Waals surface area (Å²) >= 11 is 8.64. The Kier molecular flexibility index (Phi) is 6.08. The molecule has 0 bridgehead atoms. The minimum Gasteiger partial charge on any atom is -0.332 e. The van der Waals surface area contributed by atoms with E-state index in [0.717, 1.165) is 0 Å². The number of nitrogens with one attached hydrogen (secondary N) is 2. The van der Waals surface area contributed by atoms with Gasteiger partial charge in [0.15, 0.2) is 10.9 Å². The maximum absolute atomic E-state index is 13.8. The molecule has 28 heavy (non-hydrogen) atoms. The van der Waals surface area contributed by atoms with Crippen LogP contribution < -0.4 is 15.8 Å². The van der Waals surface area contributed by atoms with Gasteiger partial charge in [-0.1, -0.05) is 18.2 Å².